The van der Waals surface area contributed by atoms with Gasteiger partial charge in [0.1, 0.15) is 6.10 Å². The number of ether oxygens (including phenoxy) is 1. The van der Waals surface area contributed by atoms with Crippen molar-refractivity contribution in [1.29, 1.82) is 0 Å². The van der Waals surface area contributed by atoms with Crippen molar-refractivity contribution < 1.29 is 9.84 Å². The molecule has 1 N–H and O–H groups in total. The highest BCUT2D eigenvalue weighted by Gasteiger charge is 1.94. The number of aryl methyl sites for hydroxylation is 1. The van der Waals surface area contributed by atoms with Crippen LogP contribution in [0.25, 0.3) is 0 Å². The Balaban J connectivity index is 2.53. The maximum atomic E-state index is 8.56. The lowest BCUT2D eigenvalue weighted by Gasteiger charge is -2.03. The van der Waals surface area contributed by atoms with Crippen LogP contribution < -0.4 is 0 Å². The number of aliphatic hydroxyl groups is 1. The molecule has 2 nitrogen and oxygen atoms in total. The SMILES string of the molecule is Cc1ccc(C#CC(C)OCCO)cc1. The molecule has 0 spiro atoms. The van der Waals surface area contributed by atoms with Gasteiger partial charge in [-0.05, 0) is 26.0 Å². The van der Waals surface area contributed by atoms with E-state index in [1.54, 1.807) is 0 Å². The van der Waals surface area contributed by atoms with Gasteiger partial charge < -0.3 is 9.84 Å². The first-order chi connectivity index (χ1) is 7.22. The van der Waals surface area contributed by atoms with Crippen LogP contribution in [0.2, 0.25) is 0 Å². The summed E-state index contributed by atoms with van der Waals surface area (Å²) in [7, 11) is 0. The van der Waals surface area contributed by atoms with Crippen LogP contribution in [-0.2, 0) is 4.74 Å². The first kappa shape index (κ1) is 11.8. The van der Waals surface area contributed by atoms with Crippen LogP contribution in [0.1, 0.15) is 18.1 Å². The fraction of sp³-hybridized carbons (Fsp3) is 0.385. The van der Waals surface area contributed by atoms with E-state index in [4.69, 9.17) is 9.84 Å². The zero-order valence-electron chi connectivity index (χ0n) is 9.16. The van der Waals surface area contributed by atoms with Crippen molar-refractivity contribution >= 4 is 0 Å². The maximum absolute atomic E-state index is 8.56. The summed E-state index contributed by atoms with van der Waals surface area (Å²) in [5, 5.41) is 8.56. The van der Waals surface area contributed by atoms with E-state index >= 15 is 0 Å². The summed E-state index contributed by atoms with van der Waals surface area (Å²) < 4.78 is 5.21. The zero-order chi connectivity index (χ0) is 11.1. The summed E-state index contributed by atoms with van der Waals surface area (Å²) in [5.41, 5.74) is 2.21. The Kier molecular flexibility index (Phi) is 4.89. The third-order valence-electron chi connectivity index (χ3n) is 1.93. The number of hydrogen-bond donors (Lipinski definition) is 1. The molecular weight excluding hydrogens is 188 g/mol. The molecule has 1 aromatic carbocycles. The van der Waals surface area contributed by atoms with Crippen molar-refractivity contribution in [2.24, 2.45) is 0 Å². The molecule has 0 saturated heterocycles. The molecule has 1 unspecified atom stereocenters. The quantitative estimate of drug-likeness (QED) is 0.760. The molecule has 0 aromatic heterocycles. The molecule has 0 fully saturated rings. The Hall–Kier alpha value is -1.30. The van der Waals surface area contributed by atoms with Crippen molar-refractivity contribution in [3.8, 4) is 11.8 Å². The van der Waals surface area contributed by atoms with Gasteiger partial charge in [0.05, 0.1) is 13.2 Å². The van der Waals surface area contributed by atoms with Gasteiger partial charge in [0.2, 0.25) is 0 Å². The molecule has 1 atom stereocenters. The van der Waals surface area contributed by atoms with E-state index < -0.39 is 0 Å². The van der Waals surface area contributed by atoms with Crippen LogP contribution in [-0.4, -0.2) is 24.4 Å². The summed E-state index contributed by atoms with van der Waals surface area (Å²) in [6.07, 6.45) is -0.140. The van der Waals surface area contributed by atoms with Gasteiger partial charge in [-0.15, -0.1) is 0 Å². The van der Waals surface area contributed by atoms with E-state index in [0.29, 0.717) is 6.61 Å². The summed E-state index contributed by atoms with van der Waals surface area (Å²) in [6.45, 7) is 4.29. The number of aliphatic hydroxyl groups excluding tert-OH is 1. The molecule has 15 heavy (non-hydrogen) atoms. The fourth-order valence-corrected chi connectivity index (χ4v) is 1.09. The minimum atomic E-state index is -0.140. The predicted molar refractivity (Wildman–Crippen MR) is 60.6 cm³/mol. The topological polar surface area (TPSA) is 29.5 Å². The standard InChI is InChI=1S/C13H16O2/c1-11-3-6-13(7-4-11)8-5-12(2)15-10-9-14/h3-4,6-7,12,14H,9-10H2,1-2H3. The van der Waals surface area contributed by atoms with Crippen LogP contribution >= 0.6 is 0 Å². The predicted octanol–water partition coefficient (Wildman–Crippen LogP) is 1.74. The highest BCUT2D eigenvalue weighted by Crippen LogP contribution is 2.01. The van der Waals surface area contributed by atoms with Crippen LogP contribution in [0, 0.1) is 18.8 Å². The molecule has 0 bridgehead atoms. The summed E-state index contributed by atoms with van der Waals surface area (Å²) in [4.78, 5) is 0. The molecule has 2 heteroatoms. The number of hydrogen-bond acceptors (Lipinski definition) is 2. The van der Waals surface area contributed by atoms with Gasteiger partial charge in [-0.2, -0.15) is 0 Å². The fourth-order valence-electron chi connectivity index (χ4n) is 1.09. The van der Waals surface area contributed by atoms with E-state index in [1.807, 2.05) is 38.1 Å². The Morgan fingerprint density at radius 1 is 1.33 bits per heavy atom. The molecule has 80 valence electrons. The summed E-state index contributed by atoms with van der Waals surface area (Å²) in [6, 6.07) is 8.04. The van der Waals surface area contributed by atoms with Crippen molar-refractivity contribution in [3.05, 3.63) is 35.4 Å². The molecule has 1 rings (SSSR count). The highest BCUT2D eigenvalue weighted by atomic mass is 16.5. The van der Waals surface area contributed by atoms with E-state index in [-0.39, 0.29) is 12.7 Å². The van der Waals surface area contributed by atoms with Crippen LogP contribution in [0.4, 0.5) is 0 Å². The van der Waals surface area contributed by atoms with Gasteiger partial charge in [0, 0.05) is 5.56 Å². The Morgan fingerprint density at radius 3 is 2.60 bits per heavy atom. The van der Waals surface area contributed by atoms with E-state index in [9.17, 15) is 0 Å². The third-order valence-corrected chi connectivity index (χ3v) is 1.93. The lowest BCUT2D eigenvalue weighted by atomic mass is 10.1. The number of benzene rings is 1. The average Bonchev–Trinajstić information content (AvgIpc) is 2.25. The normalized spacial score (nSPS) is 11.7. The Bertz CT molecular complexity index is 343. The van der Waals surface area contributed by atoms with Gasteiger partial charge in [-0.3, -0.25) is 0 Å². The van der Waals surface area contributed by atoms with Gasteiger partial charge in [-0.25, -0.2) is 0 Å². The van der Waals surface area contributed by atoms with Gasteiger partial charge in [0.15, 0.2) is 0 Å². The third kappa shape index (κ3) is 4.64. The van der Waals surface area contributed by atoms with E-state index in [0.717, 1.165) is 5.56 Å². The monoisotopic (exact) mass is 204 g/mol. The second-order valence-corrected chi connectivity index (χ2v) is 3.37. The van der Waals surface area contributed by atoms with Gasteiger partial charge in [-0.1, -0.05) is 29.5 Å². The van der Waals surface area contributed by atoms with Crippen molar-refractivity contribution in [2.75, 3.05) is 13.2 Å². The smallest absolute Gasteiger partial charge is 0.115 e. The largest absolute Gasteiger partial charge is 0.394 e. The summed E-state index contributed by atoms with van der Waals surface area (Å²) in [5.74, 6) is 5.99. The molecule has 1 aromatic rings. The molecule has 0 amide bonds. The Labute approximate surface area is 90.9 Å². The average molecular weight is 204 g/mol. The number of rotatable bonds is 3. The molecule has 0 aliphatic heterocycles. The van der Waals surface area contributed by atoms with E-state index in [2.05, 4.69) is 11.8 Å². The zero-order valence-corrected chi connectivity index (χ0v) is 9.16. The minimum absolute atomic E-state index is 0.0382. The first-order valence-corrected chi connectivity index (χ1v) is 5.03. The Morgan fingerprint density at radius 2 is 2.00 bits per heavy atom. The van der Waals surface area contributed by atoms with Crippen molar-refractivity contribution in [1.82, 2.24) is 0 Å². The highest BCUT2D eigenvalue weighted by molar-refractivity contribution is 5.36. The minimum Gasteiger partial charge on any atom is -0.394 e. The van der Waals surface area contributed by atoms with Crippen LogP contribution in [0.3, 0.4) is 0 Å². The molecule has 0 saturated carbocycles. The van der Waals surface area contributed by atoms with Crippen molar-refractivity contribution in [3.63, 3.8) is 0 Å². The lowest BCUT2D eigenvalue weighted by molar-refractivity contribution is 0.0688. The molecule has 0 heterocycles. The molecule has 0 aliphatic rings. The van der Waals surface area contributed by atoms with Crippen LogP contribution in [0.5, 0.6) is 0 Å². The molecular formula is C13H16O2. The lowest BCUT2D eigenvalue weighted by Crippen LogP contribution is -2.08. The molecule has 0 radical (unpaired) electrons. The summed E-state index contributed by atoms with van der Waals surface area (Å²) >= 11 is 0. The molecule has 0 aliphatic carbocycles. The van der Waals surface area contributed by atoms with Crippen molar-refractivity contribution in [2.45, 2.75) is 20.0 Å². The van der Waals surface area contributed by atoms with Crippen LogP contribution in [0.15, 0.2) is 24.3 Å². The van der Waals surface area contributed by atoms with Gasteiger partial charge >= 0.3 is 0 Å². The first-order valence-electron chi connectivity index (χ1n) is 5.03. The maximum Gasteiger partial charge on any atom is 0.115 e. The van der Waals surface area contributed by atoms with E-state index in [1.165, 1.54) is 5.56 Å². The second-order valence-electron chi connectivity index (χ2n) is 3.37. The second kappa shape index (κ2) is 6.23. The van der Waals surface area contributed by atoms with Gasteiger partial charge in [0.25, 0.3) is 0 Å².